The summed E-state index contributed by atoms with van der Waals surface area (Å²) < 4.78 is 5.41. The molecule has 0 amide bonds. The van der Waals surface area contributed by atoms with Gasteiger partial charge in [0.1, 0.15) is 6.61 Å². The number of aromatic nitrogens is 1. The molecular formula is C19H16N2O2. The fourth-order valence-corrected chi connectivity index (χ4v) is 2.93. The Labute approximate surface area is 133 Å². The van der Waals surface area contributed by atoms with Crippen LogP contribution in [0, 0.1) is 0 Å². The molecule has 4 rings (SSSR count). The van der Waals surface area contributed by atoms with E-state index in [1.165, 1.54) is 0 Å². The summed E-state index contributed by atoms with van der Waals surface area (Å²) in [4.78, 5) is 20.0. The fraction of sp³-hybridized carbons (Fsp3) is 0.158. The fourth-order valence-electron chi connectivity index (χ4n) is 2.93. The first kappa shape index (κ1) is 13.8. The molecule has 4 nitrogen and oxygen atoms in total. The van der Waals surface area contributed by atoms with Crippen molar-refractivity contribution in [2.75, 3.05) is 0 Å². The molecule has 114 valence electrons. The van der Waals surface area contributed by atoms with Gasteiger partial charge < -0.3 is 9.72 Å². The van der Waals surface area contributed by atoms with Crippen LogP contribution in [0.4, 0.5) is 0 Å². The van der Waals surface area contributed by atoms with Crippen LogP contribution < -0.4 is 0 Å². The molecule has 4 heteroatoms. The zero-order valence-electron chi connectivity index (χ0n) is 12.5. The van der Waals surface area contributed by atoms with E-state index in [1.54, 1.807) is 6.21 Å². The van der Waals surface area contributed by atoms with Gasteiger partial charge >= 0.3 is 5.97 Å². The molecule has 0 spiro atoms. The van der Waals surface area contributed by atoms with Crippen molar-refractivity contribution in [2.45, 2.75) is 19.1 Å². The number of ether oxygens (including phenoxy) is 1. The molecule has 23 heavy (non-hydrogen) atoms. The van der Waals surface area contributed by atoms with E-state index in [9.17, 15) is 4.79 Å². The van der Waals surface area contributed by atoms with Gasteiger partial charge in [-0.05, 0) is 17.2 Å². The molecular weight excluding hydrogens is 288 g/mol. The van der Waals surface area contributed by atoms with Crippen LogP contribution in [0.3, 0.4) is 0 Å². The Balaban J connectivity index is 1.50. The Morgan fingerprint density at radius 2 is 1.91 bits per heavy atom. The number of fused-ring (bicyclic) bond motifs is 3. The number of benzene rings is 2. The van der Waals surface area contributed by atoms with Gasteiger partial charge in [0.25, 0.3) is 0 Å². The van der Waals surface area contributed by atoms with Crippen LogP contribution >= 0.6 is 0 Å². The third-order valence-electron chi connectivity index (χ3n) is 4.12. The van der Waals surface area contributed by atoms with Crippen LogP contribution in [0.2, 0.25) is 0 Å². The predicted molar refractivity (Wildman–Crippen MR) is 89.6 cm³/mol. The van der Waals surface area contributed by atoms with E-state index in [0.29, 0.717) is 6.42 Å². The number of H-pyrrole nitrogens is 1. The average molecular weight is 304 g/mol. The van der Waals surface area contributed by atoms with Gasteiger partial charge in [-0.2, -0.15) is 0 Å². The minimum atomic E-state index is -0.467. The maximum absolute atomic E-state index is 12.3. The summed E-state index contributed by atoms with van der Waals surface area (Å²) in [5.74, 6) is -0.277. The number of nitrogens with one attached hydrogen (secondary N) is 1. The molecule has 1 N–H and O–H groups in total. The number of carbonyl (C=O) groups is 1. The Hall–Kier alpha value is -2.88. The topological polar surface area (TPSA) is 54.5 Å². The Bertz CT molecular complexity index is 881. The number of hydrogen-bond acceptors (Lipinski definition) is 3. The van der Waals surface area contributed by atoms with Crippen molar-refractivity contribution in [2.24, 2.45) is 4.99 Å². The van der Waals surface area contributed by atoms with Crippen molar-refractivity contribution in [3.63, 3.8) is 0 Å². The Morgan fingerprint density at radius 3 is 2.78 bits per heavy atom. The van der Waals surface area contributed by atoms with E-state index in [1.807, 2.05) is 48.5 Å². The molecule has 1 aliphatic rings. The number of nitrogens with zero attached hydrogens (tertiary/aromatic N) is 1. The maximum atomic E-state index is 12.3. The van der Waals surface area contributed by atoms with Gasteiger partial charge in [-0.15, -0.1) is 0 Å². The van der Waals surface area contributed by atoms with E-state index < -0.39 is 6.04 Å². The lowest BCUT2D eigenvalue weighted by molar-refractivity contribution is -0.146. The second kappa shape index (κ2) is 5.72. The number of hydrogen-bond donors (Lipinski definition) is 1. The molecule has 0 radical (unpaired) electrons. The summed E-state index contributed by atoms with van der Waals surface area (Å²) in [6.07, 6.45) is 2.32. The van der Waals surface area contributed by atoms with Crippen LogP contribution in [0.1, 0.15) is 16.8 Å². The van der Waals surface area contributed by atoms with Crippen LogP contribution in [0.15, 0.2) is 59.6 Å². The molecule has 1 aromatic heterocycles. The van der Waals surface area contributed by atoms with Crippen molar-refractivity contribution in [1.29, 1.82) is 0 Å². The number of aliphatic imine (C=N–C) groups is 1. The number of esters is 1. The van der Waals surface area contributed by atoms with Crippen molar-refractivity contribution in [1.82, 2.24) is 4.98 Å². The van der Waals surface area contributed by atoms with E-state index in [4.69, 9.17) is 4.74 Å². The minimum Gasteiger partial charge on any atom is -0.459 e. The maximum Gasteiger partial charge on any atom is 0.331 e. The van der Waals surface area contributed by atoms with Gasteiger partial charge in [0, 0.05) is 23.5 Å². The highest BCUT2D eigenvalue weighted by molar-refractivity contribution is 5.96. The van der Waals surface area contributed by atoms with Crippen molar-refractivity contribution in [3.05, 3.63) is 71.4 Å². The van der Waals surface area contributed by atoms with Gasteiger partial charge in [0.15, 0.2) is 6.04 Å². The SMILES string of the molecule is O=C(OCc1ccccc1)[C@@H]1Cc2c([nH]c3ccccc23)C=N1. The molecule has 0 aliphatic carbocycles. The average Bonchev–Trinajstić information content (AvgIpc) is 2.98. The van der Waals surface area contributed by atoms with Gasteiger partial charge in [-0.25, -0.2) is 4.79 Å². The first-order valence-corrected chi connectivity index (χ1v) is 7.64. The van der Waals surface area contributed by atoms with E-state index in [0.717, 1.165) is 27.7 Å². The van der Waals surface area contributed by atoms with E-state index in [-0.39, 0.29) is 12.6 Å². The molecule has 0 saturated carbocycles. The standard InChI is InChI=1S/C19H16N2O2/c22-19(23-12-13-6-2-1-3-7-13)17-10-15-14-8-4-5-9-16(14)21-18(15)11-20-17/h1-9,11,17,21H,10,12H2/t17-/m0/s1. The van der Waals surface area contributed by atoms with Crippen molar-refractivity contribution in [3.8, 4) is 0 Å². The smallest absolute Gasteiger partial charge is 0.331 e. The molecule has 0 unspecified atom stereocenters. The predicted octanol–water partition coefficient (Wildman–Crippen LogP) is 3.25. The third-order valence-corrected chi connectivity index (χ3v) is 4.12. The summed E-state index contributed by atoms with van der Waals surface area (Å²) in [7, 11) is 0. The second-order valence-corrected chi connectivity index (χ2v) is 5.65. The first-order chi connectivity index (χ1) is 11.3. The summed E-state index contributed by atoms with van der Waals surface area (Å²) in [5, 5.41) is 1.15. The zero-order chi connectivity index (χ0) is 15.6. The third kappa shape index (κ3) is 2.63. The molecule has 0 fully saturated rings. The number of carbonyl (C=O) groups excluding carboxylic acids is 1. The molecule has 1 atom stereocenters. The first-order valence-electron chi connectivity index (χ1n) is 7.64. The lowest BCUT2D eigenvalue weighted by Crippen LogP contribution is -2.26. The van der Waals surface area contributed by atoms with E-state index >= 15 is 0 Å². The highest BCUT2D eigenvalue weighted by Gasteiger charge is 2.25. The van der Waals surface area contributed by atoms with Gasteiger partial charge in [0.2, 0.25) is 0 Å². The summed E-state index contributed by atoms with van der Waals surface area (Å²) in [5.41, 5.74) is 4.17. The number of rotatable bonds is 3. The Kier molecular flexibility index (Phi) is 3.42. The monoisotopic (exact) mass is 304 g/mol. The van der Waals surface area contributed by atoms with Crippen LogP contribution in [-0.4, -0.2) is 23.2 Å². The lowest BCUT2D eigenvalue weighted by atomic mass is 10.0. The lowest BCUT2D eigenvalue weighted by Gasteiger charge is -2.16. The molecule has 1 aliphatic heterocycles. The molecule has 2 aromatic carbocycles. The zero-order valence-corrected chi connectivity index (χ0v) is 12.5. The Morgan fingerprint density at radius 1 is 1.13 bits per heavy atom. The van der Waals surface area contributed by atoms with Gasteiger partial charge in [-0.3, -0.25) is 4.99 Å². The van der Waals surface area contributed by atoms with Gasteiger partial charge in [-0.1, -0.05) is 48.5 Å². The van der Waals surface area contributed by atoms with Crippen LogP contribution in [0.5, 0.6) is 0 Å². The molecule has 0 bridgehead atoms. The second-order valence-electron chi connectivity index (χ2n) is 5.65. The van der Waals surface area contributed by atoms with Crippen LogP contribution in [0.25, 0.3) is 10.9 Å². The quantitative estimate of drug-likeness (QED) is 0.755. The van der Waals surface area contributed by atoms with E-state index in [2.05, 4.69) is 16.0 Å². The number of aromatic amines is 1. The molecule has 0 saturated heterocycles. The van der Waals surface area contributed by atoms with Crippen molar-refractivity contribution >= 4 is 23.1 Å². The summed E-state index contributed by atoms with van der Waals surface area (Å²) in [6, 6.07) is 17.3. The normalized spacial score (nSPS) is 16.3. The molecule has 2 heterocycles. The molecule has 3 aromatic rings. The highest BCUT2D eigenvalue weighted by Crippen LogP contribution is 2.26. The number of para-hydroxylation sites is 1. The summed E-state index contributed by atoms with van der Waals surface area (Å²) >= 11 is 0. The summed E-state index contributed by atoms with van der Waals surface area (Å²) in [6.45, 7) is 0.284. The van der Waals surface area contributed by atoms with Crippen LogP contribution in [-0.2, 0) is 22.6 Å². The van der Waals surface area contributed by atoms with Crippen molar-refractivity contribution < 1.29 is 9.53 Å². The highest BCUT2D eigenvalue weighted by atomic mass is 16.5. The minimum absolute atomic E-state index is 0.277. The largest absolute Gasteiger partial charge is 0.459 e. The van der Waals surface area contributed by atoms with Gasteiger partial charge in [0.05, 0.1) is 5.69 Å².